The molecule has 2 atom stereocenters. The van der Waals surface area contributed by atoms with E-state index in [0.29, 0.717) is 0 Å². The van der Waals surface area contributed by atoms with Crippen molar-refractivity contribution in [2.45, 2.75) is 19.1 Å². The normalized spacial score (nSPS) is 18.0. The predicted octanol–water partition coefficient (Wildman–Crippen LogP) is 4.06. The van der Waals surface area contributed by atoms with Crippen LogP contribution in [-0.4, -0.2) is 18.0 Å². The molecule has 98 valence electrons. The third-order valence-electron chi connectivity index (χ3n) is 3.69. The highest BCUT2D eigenvalue weighted by Gasteiger charge is 2.35. The summed E-state index contributed by atoms with van der Waals surface area (Å²) in [5, 5.41) is 0. The van der Waals surface area contributed by atoms with Crippen molar-refractivity contribution in [2.75, 3.05) is 13.1 Å². The van der Waals surface area contributed by atoms with E-state index >= 15 is 0 Å². The van der Waals surface area contributed by atoms with Gasteiger partial charge in [0, 0.05) is 13.1 Å². The molecular formula is C17H18FN. The molecule has 0 N–H and O–H groups in total. The third-order valence-corrected chi connectivity index (χ3v) is 3.69. The van der Waals surface area contributed by atoms with E-state index in [1.807, 2.05) is 42.5 Å². The second-order valence-electron chi connectivity index (χ2n) is 5.20. The maximum Gasteiger partial charge on any atom is 0.145 e. The van der Waals surface area contributed by atoms with Crippen LogP contribution in [0.1, 0.15) is 28.9 Å². The van der Waals surface area contributed by atoms with E-state index in [2.05, 4.69) is 24.0 Å². The van der Waals surface area contributed by atoms with Gasteiger partial charge >= 0.3 is 0 Å². The molecule has 1 heterocycles. The molecule has 0 bridgehead atoms. The zero-order chi connectivity index (χ0) is 13.2. The average molecular weight is 255 g/mol. The predicted molar refractivity (Wildman–Crippen MR) is 75.8 cm³/mol. The quantitative estimate of drug-likeness (QED) is 0.744. The molecule has 19 heavy (non-hydrogen) atoms. The van der Waals surface area contributed by atoms with Crippen molar-refractivity contribution >= 4 is 0 Å². The van der Waals surface area contributed by atoms with E-state index in [-0.39, 0.29) is 6.04 Å². The van der Waals surface area contributed by atoms with Crippen LogP contribution in [0.5, 0.6) is 0 Å². The summed E-state index contributed by atoms with van der Waals surface area (Å²) >= 11 is 0. The number of nitrogens with zero attached hydrogens (tertiary/aromatic N) is 1. The van der Waals surface area contributed by atoms with Crippen molar-refractivity contribution in [1.29, 1.82) is 0 Å². The van der Waals surface area contributed by atoms with Crippen molar-refractivity contribution in [2.24, 2.45) is 0 Å². The second kappa shape index (κ2) is 5.14. The Kier molecular flexibility index (Phi) is 3.34. The van der Waals surface area contributed by atoms with E-state index in [4.69, 9.17) is 0 Å². The molecule has 2 aromatic rings. The Balaban J connectivity index is 1.91. The van der Waals surface area contributed by atoms with Crippen molar-refractivity contribution in [3.8, 4) is 0 Å². The van der Waals surface area contributed by atoms with Gasteiger partial charge in [0.05, 0.1) is 6.04 Å². The highest BCUT2D eigenvalue weighted by molar-refractivity contribution is 5.29. The molecule has 0 unspecified atom stereocenters. The lowest BCUT2D eigenvalue weighted by Crippen LogP contribution is -2.16. The summed E-state index contributed by atoms with van der Waals surface area (Å²) < 4.78 is 14.8. The van der Waals surface area contributed by atoms with Gasteiger partial charge in [0.1, 0.15) is 6.17 Å². The summed E-state index contributed by atoms with van der Waals surface area (Å²) in [7, 11) is 0. The van der Waals surface area contributed by atoms with Gasteiger partial charge in [-0.1, -0.05) is 60.2 Å². The largest absolute Gasteiger partial charge is 0.291 e. The molecule has 1 aliphatic heterocycles. The van der Waals surface area contributed by atoms with Gasteiger partial charge in [0.15, 0.2) is 0 Å². The first-order valence-electron chi connectivity index (χ1n) is 6.75. The number of halogens is 1. The number of hydrogen-bond donors (Lipinski definition) is 0. The molecule has 2 heteroatoms. The van der Waals surface area contributed by atoms with E-state index in [1.54, 1.807) is 0 Å². The van der Waals surface area contributed by atoms with Crippen LogP contribution < -0.4 is 0 Å². The fraction of sp³-hybridized carbons (Fsp3) is 0.294. The lowest BCUT2D eigenvalue weighted by molar-refractivity contribution is 0.206. The summed E-state index contributed by atoms with van der Waals surface area (Å²) in [6.45, 7) is 4.04. The van der Waals surface area contributed by atoms with Gasteiger partial charge in [0.25, 0.3) is 0 Å². The number of benzene rings is 2. The Morgan fingerprint density at radius 1 is 0.895 bits per heavy atom. The Morgan fingerprint density at radius 2 is 1.53 bits per heavy atom. The average Bonchev–Trinajstić information content (AvgIpc) is 3.27. The van der Waals surface area contributed by atoms with Crippen LogP contribution in [0.4, 0.5) is 4.39 Å². The van der Waals surface area contributed by atoms with Crippen LogP contribution in [0.3, 0.4) is 0 Å². The van der Waals surface area contributed by atoms with Crippen molar-refractivity contribution in [1.82, 2.24) is 4.90 Å². The Labute approximate surface area is 113 Å². The minimum atomic E-state index is -0.966. The molecule has 0 aliphatic carbocycles. The van der Waals surface area contributed by atoms with Crippen LogP contribution in [0.25, 0.3) is 0 Å². The molecule has 3 rings (SSSR count). The molecular weight excluding hydrogens is 237 g/mol. The maximum atomic E-state index is 14.8. The van der Waals surface area contributed by atoms with Gasteiger partial charge < -0.3 is 0 Å². The number of hydrogen-bond acceptors (Lipinski definition) is 1. The van der Waals surface area contributed by atoms with E-state index in [1.165, 1.54) is 5.56 Å². The Hall–Kier alpha value is -1.67. The fourth-order valence-electron chi connectivity index (χ4n) is 2.48. The third kappa shape index (κ3) is 2.69. The summed E-state index contributed by atoms with van der Waals surface area (Å²) in [5.74, 6) is 0. The van der Waals surface area contributed by atoms with E-state index in [9.17, 15) is 4.39 Å². The molecule has 0 saturated carbocycles. The van der Waals surface area contributed by atoms with Gasteiger partial charge in [-0.3, -0.25) is 4.90 Å². The van der Waals surface area contributed by atoms with E-state index in [0.717, 1.165) is 24.2 Å². The second-order valence-corrected chi connectivity index (χ2v) is 5.20. The van der Waals surface area contributed by atoms with Gasteiger partial charge in [-0.25, -0.2) is 4.39 Å². The van der Waals surface area contributed by atoms with E-state index < -0.39 is 6.17 Å². The first kappa shape index (κ1) is 12.4. The van der Waals surface area contributed by atoms with Crippen LogP contribution in [0, 0.1) is 6.92 Å². The van der Waals surface area contributed by atoms with Gasteiger partial charge in [-0.2, -0.15) is 0 Å². The summed E-state index contributed by atoms with van der Waals surface area (Å²) in [6, 6.07) is 17.5. The van der Waals surface area contributed by atoms with Crippen LogP contribution in [0.2, 0.25) is 0 Å². The Morgan fingerprint density at radius 3 is 2.11 bits per heavy atom. The summed E-state index contributed by atoms with van der Waals surface area (Å²) in [5.41, 5.74) is 3.04. The molecule has 0 aromatic heterocycles. The molecule has 0 radical (unpaired) electrons. The van der Waals surface area contributed by atoms with Crippen molar-refractivity contribution in [3.63, 3.8) is 0 Å². The molecule has 1 fully saturated rings. The number of rotatable bonds is 4. The smallest absolute Gasteiger partial charge is 0.145 e. The molecule has 0 spiro atoms. The minimum absolute atomic E-state index is 0.150. The molecule has 1 aliphatic rings. The molecule has 0 amide bonds. The van der Waals surface area contributed by atoms with Crippen molar-refractivity contribution in [3.05, 3.63) is 71.3 Å². The maximum absolute atomic E-state index is 14.8. The number of aryl methyl sites for hydroxylation is 1. The summed E-state index contributed by atoms with van der Waals surface area (Å²) in [6.07, 6.45) is -0.966. The van der Waals surface area contributed by atoms with Crippen LogP contribution in [-0.2, 0) is 0 Å². The monoisotopic (exact) mass is 255 g/mol. The van der Waals surface area contributed by atoms with Gasteiger partial charge in [0.2, 0.25) is 0 Å². The zero-order valence-corrected chi connectivity index (χ0v) is 11.1. The molecule has 1 saturated heterocycles. The molecule has 1 nitrogen and oxygen atoms in total. The van der Waals surface area contributed by atoms with Gasteiger partial charge in [-0.05, 0) is 18.1 Å². The topological polar surface area (TPSA) is 3.01 Å². The highest BCUT2D eigenvalue weighted by Crippen LogP contribution is 2.40. The van der Waals surface area contributed by atoms with Gasteiger partial charge in [-0.15, -0.1) is 0 Å². The van der Waals surface area contributed by atoms with Crippen LogP contribution >= 0.6 is 0 Å². The lowest BCUT2D eigenvalue weighted by atomic mass is 9.96. The summed E-state index contributed by atoms with van der Waals surface area (Å²) in [4.78, 5) is 2.18. The minimum Gasteiger partial charge on any atom is -0.291 e. The number of alkyl halides is 1. The zero-order valence-electron chi connectivity index (χ0n) is 11.1. The first-order chi connectivity index (χ1) is 9.25. The first-order valence-corrected chi connectivity index (χ1v) is 6.75. The van der Waals surface area contributed by atoms with Crippen molar-refractivity contribution < 1.29 is 4.39 Å². The SMILES string of the molecule is Cc1ccc([C@H]([C@@H](F)c2ccccc2)N2CC2)cc1. The standard InChI is InChI=1S/C17H18FN/c1-13-7-9-15(10-8-13)17(19-11-12-19)16(18)14-5-3-2-4-6-14/h2-10,16-17H,11-12H2,1H3/t16-,17+/m0/s1. The lowest BCUT2D eigenvalue weighted by Gasteiger charge is -2.23. The Bertz CT molecular complexity index is 531. The fourth-order valence-corrected chi connectivity index (χ4v) is 2.48. The highest BCUT2D eigenvalue weighted by atomic mass is 19.1. The van der Waals surface area contributed by atoms with Crippen LogP contribution in [0.15, 0.2) is 54.6 Å². The molecule has 2 aromatic carbocycles.